The smallest absolute Gasteiger partial charge is 0.0820 e. The summed E-state index contributed by atoms with van der Waals surface area (Å²) in [5, 5.41) is 4.10. The van der Waals surface area contributed by atoms with E-state index in [9.17, 15) is 0 Å². The van der Waals surface area contributed by atoms with Crippen LogP contribution in [0.25, 0.3) is 0 Å². The van der Waals surface area contributed by atoms with Crippen LogP contribution >= 0.6 is 11.6 Å². The van der Waals surface area contributed by atoms with E-state index in [0.717, 1.165) is 25.3 Å². The summed E-state index contributed by atoms with van der Waals surface area (Å²) in [6.45, 7) is 7.23. The Kier molecular flexibility index (Phi) is 6.03. The quantitative estimate of drug-likeness (QED) is 0.829. The van der Waals surface area contributed by atoms with Gasteiger partial charge in [0, 0.05) is 18.9 Å². The summed E-state index contributed by atoms with van der Waals surface area (Å²) in [4.78, 5) is 6.46. The number of halogens is 1. The molecule has 112 valence electrons. The van der Waals surface area contributed by atoms with Crippen LogP contribution in [0.15, 0.2) is 48.8 Å². The van der Waals surface area contributed by atoms with Crippen molar-refractivity contribution in [1.82, 2.24) is 9.88 Å². The molecule has 2 aromatic rings. The molecule has 0 aliphatic rings. The molecule has 0 aliphatic carbocycles. The summed E-state index contributed by atoms with van der Waals surface area (Å²) in [7, 11) is 0. The van der Waals surface area contributed by atoms with Crippen molar-refractivity contribution in [1.29, 1.82) is 0 Å². The molecule has 0 radical (unpaired) electrons. The predicted molar refractivity (Wildman–Crippen MR) is 89.8 cm³/mol. The van der Waals surface area contributed by atoms with Crippen LogP contribution in [0.5, 0.6) is 0 Å². The molecule has 0 spiro atoms. The zero-order valence-electron chi connectivity index (χ0n) is 12.6. The fourth-order valence-corrected chi connectivity index (χ4v) is 2.71. The second kappa shape index (κ2) is 8.01. The highest BCUT2D eigenvalue weighted by molar-refractivity contribution is 6.33. The fraction of sp³-hybridized carbons (Fsp3) is 0.353. The Morgan fingerprint density at radius 3 is 2.48 bits per heavy atom. The lowest BCUT2D eigenvalue weighted by Crippen LogP contribution is -2.33. The van der Waals surface area contributed by atoms with Crippen molar-refractivity contribution in [3.8, 4) is 0 Å². The summed E-state index contributed by atoms with van der Waals surface area (Å²) in [6, 6.07) is 12.8. The van der Waals surface area contributed by atoms with Crippen molar-refractivity contribution in [3.05, 3.63) is 59.4 Å². The number of benzene rings is 1. The van der Waals surface area contributed by atoms with Crippen LogP contribution in [0.2, 0.25) is 5.02 Å². The maximum absolute atomic E-state index is 6.16. The highest BCUT2D eigenvalue weighted by Gasteiger charge is 2.17. The van der Waals surface area contributed by atoms with Gasteiger partial charge in [0.25, 0.3) is 0 Å². The molecule has 0 saturated carbocycles. The van der Waals surface area contributed by atoms with Gasteiger partial charge in [0.15, 0.2) is 0 Å². The van der Waals surface area contributed by atoms with Crippen LogP contribution in [0, 0.1) is 0 Å². The molecule has 21 heavy (non-hydrogen) atoms. The molecule has 0 bridgehead atoms. The van der Waals surface area contributed by atoms with Gasteiger partial charge in [0.2, 0.25) is 0 Å². The van der Waals surface area contributed by atoms with Gasteiger partial charge < -0.3 is 5.32 Å². The van der Waals surface area contributed by atoms with Gasteiger partial charge in [0.1, 0.15) is 0 Å². The third kappa shape index (κ3) is 4.19. The largest absolute Gasteiger partial charge is 0.382 e. The van der Waals surface area contributed by atoms with Gasteiger partial charge in [-0.3, -0.25) is 9.88 Å². The second-order valence-corrected chi connectivity index (χ2v) is 5.29. The average Bonchev–Trinajstić information content (AvgIpc) is 2.54. The summed E-state index contributed by atoms with van der Waals surface area (Å²) >= 11 is 6.16. The topological polar surface area (TPSA) is 28.2 Å². The number of hydrogen-bond acceptors (Lipinski definition) is 3. The summed E-state index contributed by atoms with van der Waals surface area (Å²) < 4.78 is 0. The van der Waals surface area contributed by atoms with E-state index in [0.29, 0.717) is 11.1 Å². The fourth-order valence-electron chi connectivity index (χ4n) is 2.52. The first-order valence-corrected chi connectivity index (χ1v) is 7.76. The van der Waals surface area contributed by atoms with E-state index in [1.54, 1.807) is 12.4 Å². The highest BCUT2D eigenvalue weighted by atomic mass is 35.5. The number of aromatic nitrogens is 1. The summed E-state index contributed by atoms with van der Waals surface area (Å²) in [5.41, 5.74) is 2.25. The third-order valence-corrected chi connectivity index (χ3v) is 4.00. The SMILES string of the molecule is CCN(CC)C(CNc1ccncc1Cl)c1ccccc1. The minimum absolute atomic E-state index is 0.324. The van der Waals surface area contributed by atoms with Gasteiger partial charge in [-0.05, 0) is 24.7 Å². The predicted octanol–water partition coefficient (Wildman–Crippen LogP) is 4.23. The molecule has 3 nitrogen and oxygen atoms in total. The van der Waals surface area contributed by atoms with Crippen molar-refractivity contribution in [2.45, 2.75) is 19.9 Å². The lowest BCUT2D eigenvalue weighted by atomic mass is 10.0. The number of likely N-dealkylation sites (N-methyl/N-ethyl adjacent to an activating group) is 1. The highest BCUT2D eigenvalue weighted by Crippen LogP contribution is 2.24. The molecule has 0 aliphatic heterocycles. The Labute approximate surface area is 132 Å². The maximum atomic E-state index is 6.16. The molecule has 1 N–H and O–H groups in total. The molecule has 1 atom stereocenters. The molecule has 0 saturated heterocycles. The number of anilines is 1. The van der Waals surface area contributed by atoms with E-state index in [4.69, 9.17) is 11.6 Å². The van der Waals surface area contributed by atoms with Crippen LogP contribution < -0.4 is 5.32 Å². The molecular formula is C17H22ClN3. The normalized spacial score (nSPS) is 12.4. The zero-order valence-corrected chi connectivity index (χ0v) is 13.3. The summed E-state index contributed by atoms with van der Waals surface area (Å²) in [6.07, 6.45) is 3.42. The Morgan fingerprint density at radius 1 is 1.14 bits per heavy atom. The van der Waals surface area contributed by atoms with Crippen molar-refractivity contribution in [2.75, 3.05) is 25.0 Å². The van der Waals surface area contributed by atoms with Crippen molar-refractivity contribution in [3.63, 3.8) is 0 Å². The second-order valence-electron chi connectivity index (χ2n) is 4.88. The van der Waals surface area contributed by atoms with Crippen molar-refractivity contribution in [2.24, 2.45) is 0 Å². The minimum Gasteiger partial charge on any atom is -0.382 e. The maximum Gasteiger partial charge on any atom is 0.0820 e. The molecule has 1 unspecified atom stereocenters. The Balaban J connectivity index is 2.15. The lowest BCUT2D eigenvalue weighted by molar-refractivity contribution is 0.228. The van der Waals surface area contributed by atoms with Crippen LogP contribution in [-0.2, 0) is 0 Å². The first-order valence-electron chi connectivity index (χ1n) is 7.38. The number of hydrogen-bond donors (Lipinski definition) is 1. The Hall–Kier alpha value is -1.58. The van der Waals surface area contributed by atoms with Crippen LogP contribution in [0.3, 0.4) is 0 Å². The standard InChI is InChI=1S/C17H22ClN3/c1-3-21(4-2)17(14-8-6-5-7-9-14)13-20-16-10-11-19-12-15(16)18/h5-12,17H,3-4,13H2,1-2H3,(H,19,20). The van der Waals surface area contributed by atoms with Gasteiger partial charge in [-0.2, -0.15) is 0 Å². The number of nitrogens with zero attached hydrogens (tertiary/aromatic N) is 2. The van der Waals surface area contributed by atoms with E-state index in [1.165, 1.54) is 5.56 Å². The van der Waals surface area contributed by atoms with Gasteiger partial charge in [0.05, 0.1) is 16.8 Å². The minimum atomic E-state index is 0.324. The monoisotopic (exact) mass is 303 g/mol. The van der Waals surface area contributed by atoms with Crippen LogP contribution in [-0.4, -0.2) is 29.5 Å². The molecule has 1 aromatic heterocycles. The van der Waals surface area contributed by atoms with Gasteiger partial charge >= 0.3 is 0 Å². The van der Waals surface area contributed by atoms with E-state index >= 15 is 0 Å². The molecule has 0 amide bonds. The molecule has 0 fully saturated rings. The van der Waals surface area contributed by atoms with Gasteiger partial charge in [-0.1, -0.05) is 55.8 Å². The Morgan fingerprint density at radius 2 is 1.86 bits per heavy atom. The van der Waals surface area contributed by atoms with Crippen molar-refractivity contribution < 1.29 is 0 Å². The molecule has 2 rings (SSSR count). The van der Waals surface area contributed by atoms with E-state index < -0.39 is 0 Å². The number of pyridine rings is 1. The van der Waals surface area contributed by atoms with Crippen LogP contribution in [0.4, 0.5) is 5.69 Å². The molecular weight excluding hydrogens is 282 g/mol. The number of nitrogens with one attached hydrogen (secondary N) is 1. The zero-order chi connectivity index (χ0) is 15.1. The average molecular weight is 304 g/mol. The molecule has 1 heterocycles. The summed E-state index contributed by atoms with van der Waals surface area (Å²) in [5.74, 6) is 0. The first-order chi connectivity index (χ1) is 10.3. The molecule has 1 aromatic carbocycles. The first kappa shape index (κ1) is 15.8. The van der Waals surface area contributed by atoms with Gasteiger partial charge in [-0.15, -0.1) is 0 Å². The Bertz CT molecular complexity index is 541. The molecule has 4 heteroatoms. The van der Waals surface area contributed by atoms with Crippen molar-refractivity contribution >= 4 is 17.3 Å². The lowest BCUT2D eigenvalue weighted by Gasteiger charge is -2.30. The van der Waals surface area contributed by atoms with E-state index in [2.05, 4.69) is 59.4 Å². The van der Waals surface area contributed by atoms with Crippen LogP contribution in [0.1, 0.15) is 25.5 Å². The van der Waals surface area contributed by atoms with E-state index in [-0.39, 0.29) is 0 Å². The number of rotatable bonds is 7. The van der Waals surface area contributed by atoms with E-state index in [1.807, 2.05) is 6.07 Å². The third-order valence-electron chi connectivity index (χ3n) is 3.70. The van der Waals surface area contributed by atoms with Gasteiger partial charge in [-0.25, -0.2) is 0 Å².